The molecule has 1 aliphatic rings. The zero-order valence-electron chi connectivity index (χ0n) is 18.8. The Hall–Kier alpha value is -3.13. The molecule has 0 unspecified atom stereocenters. The quantitative estimate of drug-likeness (QED) is 0.480. The molecule has 3 aromatic rings. The number of carbonyl (C=O) groups excluding carboxylic acids is 2. The van der Waals surface area contributed by atoms with E-state index in [-0.39, 0.29) is 11.8 Å². The van der Waals surface area contributed by atoms with Crippen molar-refractivity contribution in [1.29, 1.82) is 0 Å². The van der Waals surface area contributed by atoms with Gasteiger partial charge in [0.1, 0.15) is 6.33 Å². The van der Waals surface area contributed by atoms with Gasteiger partial charge in [0.15, 0.2) is 5.82 Å². The molecule has 8 heteroatoms. The van der Waals surface area contributed by atoms with Gasteiger partial charge in [-0.25, -0.2) is 0 Å². The number of aryl methyl sites for hydroxylation is 1. The minimum absolute atomic E-state index is 0.0113. The second-order valence-corrected chi connectivity index (χ2v) is 9.41. The number of benzene rings is 2. The van der Waals surface area contributed by atoms with Gasteiger partial charge < -0.3 is 15.2 Å². The van der Waals surface area contributed by atoms with Crippen LogP contribution in [0.25, 0.3) is 11.4 Å². The first kappa shape index (κ1) is 23.0. The van der Waals surface area contributed by atoms with E-state index in [0.717, 1.165) is 22.8 Å². The third-order valence-corrected chi connectivity index (χ3v) is 6.97. The number of hydrogen-bond acceptors (Lipinski definition) is 5. The summed E-state index contributed by atoms with van der Waals surface area (Å²) < 4.78 is 1.83. The summed E-state index contributed by atoms with van der Waals surface area (Å²) in [4.78, 5) is 26.2. The lowest BCUT2D eigenvalue weighted by Gasteiger charge is -2.21. The maximum atomic E-state index is 13.0. The van der Waals surface area contributed by atoms with Crippen LogP contribution < -0.4 is 10.6 Å². The molecular weight excluding hydrogens is 434 g/mol. The topological polar surface area (TPSA) is 88.9 Å². The summed E-state index contributed by atoms with van der Waals surface area (Å²) in [6.45, 7) is 0.753. The molecule has 2 N–H and O–H groups in total. The highest BCUT2D eigenvalue weighted by molar-refractivity contribution is 8.00. The number of amides is 2. The van der Waals surface area contributed by atoms with Crippen LogP contribution in [0.2, 0.25) is 0 Å². The number of aromatic nitrogens is 3. The number of carbonyl (C=O) groups is 2. The highest BCUT2D eigenvalue weighted by Crippen LogP contribution is 2.26. The lowest BCUT2D eigenvalue weighted by Crippen LogP contribution is -2.31. The molecule has 4 rings (SSSR count). The lowest BCUT2D eigenvalue weighted by molar-refractivity contribution is -0.118. The van der Waals surface area contributed by atoms with Crippen LogP contribution in [0.3, 0.4) is 0 Å². The predicted molar refractivity (Wildman–Crippen MR) is 131 cm³/mol. The first-order valence-electron chi connectivity index (χ1n) is 11.3. The van der Waals surface area contributed by atoms with Crippen molar-refractivity contribution >= 4 is 29.3 Å². The molecule has 1 saturated carbocycles. The molecule has 0 saturated heterocycles. The smallest absolute Gasteiger partial charge is 0.256 e. The minimum Gasteiger partial charge on any atom is -0.355 e. The summed E-state index contributed by atoms with van der Waals surface area (Å²) in [5.74, 6) is 1.41. The molecular formula is C25H29N5O2S. The molecule has 1 aromatic heterocycles. The van der Waals surface area contributed by atoms with Crippen LogP contribution in [0, 0.1) is 5.92 Å². The van der Waals surface area contributed by atoms with Crippen LogP contribution in [-0.4, -0.2) is 38.9 Å². The average Bonchev–Trinajstić information content (AvgIpc) is 3.28. The van der Waals surface area contributed by atoms with Gasteiger partial charge in [-0.2, -0.15) is 0 Å². The van der Waals surface area contributed by atoms with E-state index in [0.29, 0.717) is 22.9 Å². The first-order chi connectivity index (χ1) is 16.1. The molecule has 1 aliphatic carbocycles. The van der Waals surface area contributed by atoms with Gasteiger partial charge in [-0.05, 0) is 43.0 Å². The summed E-state index contributed by atoms with van der Waals surface area (Å²) in [5.41, 5.74) is 2.09. The molecule has 0 bridgehead atoms. The second-order valence-electron chi connectivity index (χ2n) is 8.39. The number of thioether (sulfide) groups is 1. The third-order valence-electron chi connectivity index (χ3n) is 5.89. The van der Waals surface area contributed by atoms with Gasteiger partial charge in [0, 0.05) is 29.7 Å². The van der Waals surface area contributed by atoms with Gasteiger partial charge in [-0.15, -0.1) is 22.0 Å². The first-order valence-corrected chi connectivity index (χ1v) is 12.3. The molecule has 0 atom stereocenters. The molecule has 0 spiro atoms. The number of hydrogen-bond donors (Lipinski definition) is 2. The Morgan fingerprint density at radius 1 is 1.09 bits per heavy atom. The standard InChI is InChI=1S/C25H29N5O2S/c1-30-17-27-29-24(30)19-10-7-11-20(14-19)28-25(32)21-12-5-6-13-22(21)33-16-23(31)26-15-18-8-3-2-4-9-18/h5-7,10-14,17-18H,2-4,8-9,15-16H2,1H3,(H,26,31)(H,28,32). The van der Waals surface area contributed by atoms with E-state index in [1.165, 1.54) is 43.9 Å². The van der Waals surface area contributed by atoms with Crippen LogP contribution >= 0.6 is 11.8 Å². The molecule has 0 radical (unpaired) electrons. The van der Waals surface area contributed by atoms with E-state index in [9.17, 15) is 9.59 Å². The average molecular weight is 464 g/mol. The molecule has 7 nitrogen and oxygen atoms in total. The van der Waals surface area contributed by atoms with Crippen molar-refractivity contribution in [2.75, 3.05) is 17.6 Å². The van der Waals surface area contributed by atoms with Crippen molar-refractivity contribution in [3.8, 4) is 11.4 Å². The van der Waals surface area contributed by atoms with E-state index >= 15 is 0 Å². The Kier molecular flexibility index (Phi) is 7.78. The third kappa shape index (κ3) is 6.22. The van der Waals surface area contributed by atoms with Crippen LogP contribution in [0.1, 0.15) is 42.5 Å². The van der Waals surface area contributed by atoms with Gasteiger partial charge in [-0.3, -0.25) is 9.59 Å². The van der Waals surface area contributed by atoms with Crippen molar-refractivity contribution in [2.45, 2.75) is 37.0 Å². The molecule has 1 fully saturated rings. The van der Waals surface area contributed by atoms with Gasteiger partial charge in [-0.1, -0.05) is 43.5 Å². The van der Waals surface area contributed by atoms with E-state index in [2.05, 4.69) is 20.8 Å². The van der Waals surface area contributed by atoms with E-state index in [4.69, 9.17) is 0 Å². The van der Waals surface area contributed by atoms with Gasteiger partial charge in [0.05, 0.1) is 11.3 Å². The SMILES string of the molecule is Cn1cnnc1-c1cccc(NC(=O)c2ccccc2SCC(=O)NCC2CCCCC2)c1. The number of nitrogens with zero attached hydrogens (tertiary/aromatic N) is 3. The fourth-order valence-electron chi connectivity index (χ4n) is 4.10. The van der Waals surface area contributed by atoms with Crippen molar-refractivity contribution in [2.24, 2.45) is 13.0 Å². The number of nitrogens with one attached hydrogen (secondary N) is 2. The highest BCUT2D eigenvalue weighted by atomic mass is 32.2. The maximum Gasteiger partial charge on any atom is 0.256 e. The maximum absolute atomic E-state index is 13.0. The number of anilines is 1. The second kappa shape index (κ2) is 11.1. The Labute approximate surface area is 198 Å². The zero-order chi connectivity index (χ0) is 23.0. The summed E-state index contributed by atoms with van der Waals surface area (Å²) in [5, 5.41) is 14.1. The molecule has 2 amide bonds. The molecule has 33 heavy (non-hydrogen) atoms. The van der Waals surface area contributed by atoms with Crippen molar-refractivity contribution in [1.82, 2.24) is 20.1 Å². The minimum atomic E-state index is -0.212. The molecule has 2 aromatic carbocycles. The van der Waals surface area contributed by atoms with Gasteiger partial charge in [0.25, 0.3) is 5.91 Å². The van der Waals surface area contributed by atoms with Crippen LogP contribution in [0.4, 0.5) is 5.69 Å². The Morgan fingerprint density at radius 2 is 1.91 bits per heavy atom. The summed E-state index contributed by atoms with van der Waals surface area (Å²) in [7, 11) is 1.87. The predicted octanol–water partition coefficient (Wildman–Crippen LogP) is 4.52. The van der Waals surface area contributed by atoms with Crippen molar-refractivity contribution in [3.05, 3.63) is 60.4 Å². The summed E-state index contributed by atoms with van der Waals surface area (Å²) in [6, 6.07) is 14.9. The van der Waals surface area contributed by atoms with Gasteiger partial charge >= 0.3 is 0 Å². The molecule has 1 heterocycles. The fraction of sp³-hybridized carbons (Fsp3) is 0.360. The Bertz CT molecular complexity index is 1110. The summed E-state index contributed by atoms with van der Waals surface area (Å²) in [6.07, 6.45) is 7.88. The van der Waals surface area contributed by atoms with E-state index in [1.807, 2.05) is 54.1 Å². The monoisotopic (exact) mass is 463 g/mol. The zero-order valence-corrected chi connectivity index (χ0v) is 19.6. The van der Waals surface area contributed by atoms with E-state index < -0.39 is 0 Å². The highest BCUT2D eigenvalue weighted by Gasteiger charge is 2.16. The fourth-order valence-corrected chi connectivity index (χ4v) is 4.98. The van der Waals surface area contributed by atoms with Crippen LogP contribution in [0.15, 0.2) is 59.8 Å². The van der Waals surface area contributed by atoms with Crippen LogP contribution in [0.5, 0.6) is 0 Å². The van der Waals surface area contributed by atoms with Crippen LogP contribution in [-0.2, 0) is 11.8 Å². The number of rotatable bonds is 8. The largest absolute Gasteiger partial charge is 0.355 e. The molecule has 172 valence electrons. The Morgan fingerprint density at radius 3 is 2.70 bits per heavy atom. The van der Waals surface area contributed by atoms with E-state index in [1.54, 1.807) is 12.4 Å². The lowest BCUT2D eigenvalue weighted by atomic mass is 9.89. The Balaban J connectivity index is 1.36. The van der Waals surface area contributed by atoms with Crippen molar-refractivity contribution in [3.63, 3.8) is 0 Å². The normalized spacial score (nSPS) is 14.1. The molecule has 0 aliphatic heterocycles. The van der Waals surface area contributed by atoms with Gasteiger partial charge in [0.2, 0.25) is 5.91 Å². The summed E-state index contributed by atoms with van der Waals surface area (Å²) >= 11 is 1.39. The van der Waals surface area contributed by atoms with Crippen molar-refractivity contribution < 1.29 is 9.59 Å².